The van der Waals surface area contributed by atoms with Crippen LogP contribution in [0.3, 0.4) is 0 Å². The fourth-order valence-electron chi connectivity index (χ4n) is 2.92. The van der Waals surface area contributed by atoms with Gasteiger partial charge in [-0.3, -0.25) is 0 Å². The van der Waals surface area contributed by atoms with Crippen LogP contribution >= 0.6 is 12.2 Å². The molecule has 0 aliphatic rings. The van der Waals surface area contributed by atoms with Crippen molar-refractivity contribution in [1.29, 1.82) is 0 Å². The zero-order valence-electron chi connectivity index (χ0n) is 12.0. The van der Waals surface area contributed by atoms with Crippen molar-refractivity contribution >= 4 is 23.3 Å². The molecule has 0 aliphatic carbocycles. The van der Waals surface area contributed by atoms with Gasteiger partial charge in [0.2, 0.25) is 0 Å². The van der Waals surface area contributed by atoms with Gasteiger partial charge in [-0.2, -0.15) is 0 Å². The summed E-state index contributed by atoms with van der Waals surface area (Å²) in [5.74, 6) is 0. The van der Waals surface area contributed by atoms with Crippen LogP contribution in [-0.2, 0) is 0 Å². The Labute approximate surface area is 124 Å². The van der Waals surface area contributed by atoms with Crippen molar-refractivity contribution in [1.82, 2.24) is 9.55 Å². The molecule has 0 spiro atoms. The molecule has 2 nitrogen and oxygen atoms in total. The fourth-order valence-corrected chi connectivity index (χ4v) is 3.28. The van der Waals surface area contributed by atoms with E-state index in [0.717, 1.165) is 10.3 Å². The van der Waals surface area contributed by atoms with E-state index in [1.54, 1.807) is 0 Å². The highest BCUT2D eigenvalue weighted by molar-refractivity contribution is 7.71. The van der Waals surface area contributed by atoms with E-state index in [9.17, 15) is 0 Å². The lowest BCUT2D eigenvalue weighted by Crippen LogP contribution is -2.08. The number of aromatic amines is 1. The molecular weight excluding hydrogens is 264 g/mol. The standard InChI is InChI=1S/C17H18N2S/c1-11-7-4-5-9-14(11)13(3)19-16-12(2)8-6-10-15(16)18-17(19)20/h4-10,13H,1-3H3,(H,18,20). The SMILES string of the molecule is Cc1ccccc1C(C)n1c(=S)[nH]c2cccc(C)c21. The number of para-hydroxylation sites is 1. The van der Waals surface area contributed by atoms with E-state index >= 15 is 0 Å². The zero-order valence-corrected chi connectivity index (χ0v) is 12.8. The third kappa shape index (κ3) is 1.98. The number of benzene rings is 2. The predicted molar refractivity (Wildman–Crippen MR) is 86.9 cm³/mol. The number of nitrogens with one attached hydrogen (secondary N) is 1. The van der Waals surface area contributed by atoms with Crippen molar-refractivity contribution in [2.45, 2.75) is 26.8 Å². The Hall–Kier alpha value is -1.87. The lowest BCUT2D eigenvalue weighted by Gasteiger charge is -2.18. The number of hydrogen-bond donors (Lipinski definition) is 1. The predicted octanol–water partition coefficient (Wildman–Crippen LogP) is 4.93. The van der Waals surface area contributed by atoms with Gasteiger partial charge >= 0.3 is 0 Å². The minimum absolute atomic E-state index is 0.221. The third-order valence-electron chi connectivity index (χ3n) is 3.96. The number of H-pyrrole nitrogens is 1. The van der Waals surface area contributed by atoms with E-state index in [1.165, 1.54) is 22.2 Å². The molecule has 102 valence electrons. The van der Waals surface area contributed by atoms with Gasteiger partial charge in [-0.1, -0.05) is 36.4 Å². The Morgan fingerprint density at radius 2 is 1.70 bits per heavy atom. The van der Waals surface area contributed by atoms with Crippen molar-refractivity contribution in [3.63, 3.8) is 0 Å². The van der Waals surface area contributed by atoms with Gasteiger partial charge in [-0.25, -0.2) is 0 Å². The summed E-state index contributed by atoms with van der Waals surface area (Å²) in [7, 11) is 0. The second-order valence-corrected chi connectivity index (χ2v) is 5.69. The molecule has 0 aliphatic heterocycles. The molecule has 0 saturated heterocycles. The van der Waals surface area contributed by atoms with Gasteiger partial charge in [0.1, 0.15) is 0 Å². The highest BCUT2D eigenvalue weighted by Gasteiger charge is 2.15. The van der Waals surface area contributed by atoms with Gasteiger partial charge in [-0.05, 0) is 55.7 Å². The second-order valence-electron chi connectivity index (χ2n) is 5.30. The van der Waals surface area contributed by atoms with Gasteiger partial charge in [0.05, 0.1) is 17.1 Å². The quantitative estimate of drug-likeness (QED) is 0.661. The summed E-state index contributed by atoms with van der Waals surface area (Å²) in [6, 6.07) is 15.0. The molecule has 0 fully saturated rings. The number of imidazole rings is 1. The van der Waals surface area contributed by atoms with Crippen LogP contribution in [0.25, 0.3) is 11.0 Å². The molecule has 0 radical (unpaired) electrons. The Kier molecular flexibility index (Phi) is 3.22. The summed E-state index contributed by atoms with van der Waals surface area (Å²) in [6.45, 7) is 6.49. The van der Waals surface area contributed by atoms with Crippen molar-refractivity contribution in [2.75, 3.05) is 0 Å². The molecule has 1 heterocycles. The molecule has 1 aromatic heterocycles. The molecule has 1 unspecified atom stereocenters. The third-order valence-corrected chi connectivity index (χ3v) is 4.26. The molecule has 3 aromatic rings. The van der Waals surface area contributed by atoms with Crippen LogP contribution in [0, 0.1) is 18.6 Å². The maximum absolute atomic E-state index is 5.54. The largest absolute Gasteiger partial charge is 0.331 e. The minimum atomic E-state index is 0.221. The van der Waals surface area contributed by atoms with Crippen LogP contribution in [0.1, 0.15) is 29.7 Å². The zero-order chi connectivity index (χ0) is 14.3. The van der Waals surface area contributed by atoms with Gasteiger partial charge < -0.3 is 9.55 Å². The summed E-state index contributed by atoms with van der Waals surface area (Å²) in [4.78, 5) is 3.32. The first-order valence-electron chi connectivity index (χ1n) is 6.85. The number of hydrogen-bond acceptors (Lipinski definition) is 1. The van der Waals surface area contributed by atoms with E-state index < -0.39 is 0 Å². The lowest BCUT2D eigenvalue weighted by molar-refractivity contribution is 0.644. The van der Waals surface area contributed by atoms with Crippen LogP contribution in [-0.4, -0.2) is 9.55 Å². The van der Waals surface area contributed by atoms with Crippen LogP contribution in [0.15, 0.2) is 42.5 Å². The molecule has 1 atom stereocenters. The monoisotopic (exact) mass is 282 g/mol. The van der Waals surface area contributed by atoms with Crippen LogP contribution in [0.5, 0.6) is 0 Å². The van der Waals surface area contributed by atoms with Crippen molar-refractivity contribution < 1.29 is 0 Å². The summed E-state index contributed by atoms with van der Waals surface area (Å²) >= 11 is 5.54. The summed E-state index contributed by atoms with van der Waals surface area (Å²) < 4.78 is 3.01. The number of fused-ring (bicyclic) bond motifs is 1. The number of aromatic nitrogens is 2. The Bertz CT molecular complexity index is 826. The fraction of sp³-hybridized carbons (Fsp3) is 0.235. The van der Waals surface area contributed by atoms with Crippen molar-refractivity contribution in [3.05, 3.63) is 63.9 Å². The molecular formula is C17H18N2S. The molecule has 0 amide bonds. The minimum Gasteiger partial charge on any atom is -0.331 e. The van der Waals surface area contributed by atoms with Gasteiger partial charge in [0.25, 0.3) is 0 Å². The molecule has 0 saturated carbocycles. The Morgan fingerprint density at radius 1 is 1.00 bits per heavy atom. The number of rotatable bonds is 2. The lowest BCUT2D eigenvalue weighted by atomic mass is 10.0. The van der Waals surface area contributed by atoms with E-state index in [1.807, 2.05) is 0 Å². The van der Waals surface area contributed by atoms with Crippen LogP contribution < -0.4 is 0 Å². The van der Waals surface area contributed by atoms with Crippen LogP contribution in [0.4, 0.5) is 0 Å². The average Bonchev–Trinajstić information content (AvgIpc) is 2.76. The van der Waals surface area contributed by atoms with Crippen molar-refractivity contribution in [3.8, 4) is 0 Å². The van der Waals surface area contributed by atoms with Crippen molar-refractivity contribution in [2.24, 2.45) is 0 Å². The number of nitrogens with zero attached hydrogens (tertiary/aromatic N) is 1. The molecule has 3 rings (SSSR count). The summed E-state index contributed by atoms with van der Waals surface area (Å²) in [5.41, 5.74) is 6.16. The molecule has 2 aromatic carbocycles. The van der Waals surface area contributed by atoms with E-state index in [0.29, 0.717) is 0 Å². The first-order chi connectivity index (χ1) is 9.59. The van der Waals surface area contributed by atoms with Gasteiger partial charge in [0.15, 0.2) is 4.77 Å². The molecule has 1 N–H and O–H groups in total. The van der Waals surface area contributed by atoms with E-state index in [-0.39, 0.29) is 6.04 Å². The first-order valence-corrected chi connectivity index (χ1v) is 7.26. The van der Waals surface area contributed by atoms with E-state index in [2.05, 4.69) is 72.8 Å². The first kappa shape index (κ1) is 13.1. The Morgan fingerprint density at radius 3 is 2.45 bits per heavy atom. The molecule has 0 bridgehead atoms. The summed E-state index contributed by atoms with van der Waals surface area (Å²) in [6.07, 6.45) is 0. The second kappa shape index (κ2) is 4.91. The number of aryl methyl sites for hydroxylation is 2. The highest BCUT2D eigenvalue weighted by Crippen LogP contribution is 2.28. The summed E-state index contributed by atoms with van der Waals surface area (Å²) in [5, 5.41) is 0. The normalized spacial score (nSPS) is 12.8. The maximum atomic E-state index is 5.54. The average molecular weight is 282 g/mol. The van der Waals surface area contributed by atoms with E-state index in [4.69, 9.17) is 12.2 Å². The maximum Gasteiger partial charge on any atom is 0.178 e. The van der Waals surface area contributed by atoms with Crippen LogP contribution in [0.2, 0.25) is 0 Å². The highest BCUT2D eigenvalue weighted by atomic mass is 32.1. The molecule has 20 heavy (non-hydrogen) atoms. The molecule has 3 heteroatoms. The van der Waals surface area contributed by atoms with Gasteiger partial charge in [-0.15, -0.1) is 0 Å². The Balaban J connectivity index is 2.27. The van der Waals surface area contributed by atoms with Gasteiger partial charge in [0, 0.05) is 0 Å². The smallest absolute Gasteiger partial charge is 0.178 e. The topological polar surface area (TPSA) is 20.7 Å².